The number of nitrogens with zero attached hydrogens (tertiary/aromatic N) is 2. The number of carbonyl (C=O) groups is 1. The molecule has 0 atom stereocenters. The maximum atomic E-state index is 11.8. The van der Waals surface area contributed by atoms with Gasteiger partial charge < -0.3 is 15.3 Å². The van der Waals surface area contributed by atoms with Crippen LogP contribution in [-0.2, 0) is 13.0 Å². The minimum Gasteiger partial charge on any atom is -0.395 e. The number of nitrogens with one attached hydrogen (secondary N) is 1. The van der Waals surface area contributed by atoms with Gasteiger partial charge >= 0.3 is 6.03 Å². The van der Waals surface area contributed by atoms with E-state index in [1.807, 2.05) is 18.3 Å². The van der Waals surface area contributed by atoms with Crippen molar-refractivity contribution >= 4 is 17.4 Å². The first kappa shape index (κ1) is 15.3. The van der Waals surface area contributed by atoms with Crippen LogP contribution in [-0.4, -0.2) is 60.3 Å². The third kappa shape index (κ3) is 3.94. The summed E-state index contributed by atoms with van der Waals surface area (Å²) in [5, 5.41) is 14.0. The summed E-state index contributed by atoms with van der Waals surface area (Å²) >= 11 is 1.84. The molecule has 0 unspecified atom stereocenters. The first-order valence-corrected chi connectivity index (χ1v) is 8.03. The zero-order valence-electron chi connectivity index (χ0n) is 12.0. The molecule has 112 valence electrons. The van der Waals surface area contributed by atoms with E-state index in [2.05, 4.69) is 21.7 Å². The number of aliphatic hydroxyl groups is 1. The van der Waals surface area contributed by atoms with Crippen LogP contribution in [0, 0.1) is 0 Å². The first-order chi connectivity index (χ1) is 9.74. The third-order valence-electron chi connectivity index (χ3n) is 3.63. The molecule has 5 nitrogen and oxygen atoms in total. The van der Waals surface area contributed by atoms with Crippen LogP contribution in [0.4, 0.5) is 4.79 Å². The highest BCUT2D eigenvalue weighted by Gasteiger charge is 2.17. The van der Waals surface area contributed by atoms with E-state index in [1.54, 1.807) is 4.90 Å². The van der Waals surface area contributed by atoms with Crippen LogP contribution in [0.1, 0.15) is 17.4 Å². The largest absolute Gasteiger partial charge is 0.395 e. The third-order valence-corrected chi connectivity index (χ3v) is 4.65. The fourth-order valence-corrected chi connectivity index (χ4v) is 3.34. The van der Waals surface area contributed by atoms with Gasteiger partial charge in [-0.05, 0) is 30.4 Å². The summed E-state index contributed by atoms with van der Waals surface area (Å²) in [6, 6.07) is 2.11. The number of amides is 2. The molecular formula is C14H23N3O2S. The molecule has 1 aromatic rings. The molecule has 0 bridgehead atoms. The standard InChI is InChI=1S/C14H23N3O2S/c1-2-17(8-9-18)14(19)15-5-7-16-6-3-13-12(11-16)4-10-20-13/h4,10,18H,2-3,5-9,11H2,1H3,(H,15,19). The van der Waals surface area contributed by atoms with Crippen molar-refractivity contribution in [3.63, 3.8) is 0 Å². The lowest BCUT2D eigenvalue weighted by atomic mass is 10.1. The van der Waals surface area contributed by atoms with Gasteiger partial charge in [-0.25, -0.2) is 4.79 Å². The zero-order chi connectivity index (χ0) is 14.4. The molecule has 0 aliphatic carbocycles. The molecule has 0 aromatic carbocycles. The minimum absolute atomic E-state index is 0.00825. The van der Waals surface area contributed by atoms with Crippen molar-refractivity contribution in [2.45, 2.75) is 19.9 Å². The Morgan fingerprint density at radius 2 is 2.45 bits per heavy atom. The van der Waals surface area contributed by atoms with Crippen molar-refractivity contribution in [2.75, 3.05) is 39.3 Å². The van der Waals surface area contributed by atoms with Crippen molar-refractivity contribution in [3.05, 3.63) is 21.9 Å². The van der Waals surface area contributed by atoms with E-state index >= 15 is 0 Å². The molecule has 0 saturated heterocycles. The maximum Gasteiger partial charge on any atom is 0.317 e. The zero-order valence-corrected chi connectivity index (χ0v) is 12.8. The molecule has 2 rings (SSSR count). The van der Waals surface area contributed by atoms with E-state index in [0.29, 0.717) is 19.6 Å². The monoisotopic (exact) mass is 297 g/mol. The van der Waals surface area contributed by atoms with Crippen LogP contribution in [0.3, 0.4) is 0 Å². The number of hydrogen-bond acceptors (Lipinski definition) is 4. The Kier molecular flexibility index (Phi) is 5.82. The fourth-order valence-electron chi connectivity index (χ4n) is 2.45. The number of carbonyl (C=O) groups excluding carboxylic acids is 1. The molecule has 1 aliphatic rings. The summed E-state index contributed by atoms with van der Waals surface area (Å²) in [5.74, 6) is 0. The highest BCUT2D eigenvalue weighted by atomic mass is 32.1. The van der Waals surface area contributed by atoms with Crippen molar-refractivity contribution in [1.82, 2.24) is 15.1 Å². The lowest BCUT2D eigenvalue weighted by Gasteiger charge is -2.27. The van der Waals surface area contributed by atoms with E-state index in [4.69, 9.17) is 5.11 Å². The number of rotatable bonds is 6. The maximum absolute atomic E-state index is 11.8. The lowest BCUT2D eigenvalue weighted by Crippen LogP contribution is -2.44. The Bertz CT molecular complexity index is 436. The van der Waals surface area contributed by atoms with Gasteiger partial charge in [0.2, 0.25) is 0 Å². The predicted octanol–water partition coefficient (Wildman–Crippen LogP) is 1.13. The smallest absolute Gasteiger partial charge is 0.317 e. The summed E-state index contributed by atoms with van der Waals surface area (Å²) in [7, 11) is 0. The van der Waals surface area contributed by atoms with Crippen molar-refractivity contribution in [2.24, 2.45) is 0 Å². The Balaban J connectivity index is 1.70. The predicted molar refractivity (Wildman–Crippen MR) is 81.0 cm³/mol. The average Bonchev–Trinajstić information content (AvgIpc) is 2.92. The van der Waals surface area contributed by atoms with Gasteiger partial charge in [0.25, 0.3) is 0 Å². The fraction of sp³-hybridized carbons (Fsp3) is 0.643. The quantitative estimate of drug-likeness (QED) is 0.827. The topological polar surface area (TPSA) is 55.8 Å². The van der Waals surface area contributed by atoms with Crippen LogP contribution in [0.5, 0.6) is 0 Å². The van der Waals surface area contributed by atoms with Crippen LogP contribution >= 0.6 is 11.3 Å². The first-order valence-electron chi connectivity index (χ1n) is 7.15. The number of fused-ring (bicyclic) bond motifs is 1. The highest BCUT2D eigenvalue weighted by molar-refractivity contribution is 7.10. The molecule has 1 aromatic heterocycles. The molecule has 20 heavy (non-hydrogen) atoms. The Hall–Kier alpha value is -1.11. The van der Waals surface area contributed by atoms with E-state index in [1.165, 1.54) is 10.4 Å². The van der Waals surface area contributed by atoms with Gasteiger partial charge in [0.1, 0.15) is 0 Å². The molecule has 0 radical (unpaired) electrons. The Morgan fingerprint density at radius 3 is 3.20 bits per heavy atom. The van der Waals surface area contributed by atoms with Gasteiger partial charge in [0, 0.05) is 44.1 Å². The number of likely N-dealkylation sites (N-methyl/N-ethyl adjacent to an activating group) is 1. The van der Waals surface area contributed by atoms with Crippen LogP contribution < -0.4 is 5.32 Å². The number of aliphatic hydroxyl groups excluding tert-OH is 1. The van der Waals surface area contributed by atoms with Gasteiger partial charge in [-0.3, -0.25) is 4.90 Å². The van der Waals surface area contributed by atoms with Crippen molar-refractivity contribution in [3.8, 4) is 0 Å². The second-order valence-corrected chi connectivity index (χ2v) is 5.93. The lowest BCUT2D eigenvalue weighted by molar-refractivity contribution is 0.177. The SMILES string of the molecule is CCN(CCO)C(=O)NCCN1CCc2sccc2C1. The van der Waals surface area contributed by atoms with E-state index in [-0.39, 0.29) is 12.6 Å². The van der Waals surface area contributed by atoms with Gasteiger partial charge in [0.15, 0.2) is 0 Å². The summed E-state index contributed by atoms with van der Waals surface area (Å²) in [6.07, 6.45) is 1.12. The molecule has 2 heterocycles. The minimum atomic E-state index is -0.0882. The van der Waals surface area contributed by atoms with Gasteiger partial charge in [-0.2, -0.15) is 0 Å². The van der Waals surface area contributed by atoms with Gasteiger partial charge in [-0.1, -0.05) is 0 Å². The van der Waals surface area contributed by atoms with Gasteiger partial charge in [-0.15, -0.1) is 11.3 Å². The van der Waals surface area contributed by atoms with E-state index in [9.17, 15) is 4.79 Å². The second-order valence-electron chi connectivity index (χ2n) is 4.93. The summed E-state index contributed by atoms with van der Waals surface area (Å²) < 4.78 is 0. The average molecular weight is 297 g/mol. The molecule has 0 saturated carbocycles. The number of urea groups is 1. The molecule has 1 aliphatic heterocycles. The second kappa shape index (κ2) is 7.61. The summed E-state index contributed by atoms with van der Waals surface area (Å²) in [6.45, 7) is 6.52. The molecule has 0 spiro atoms. The Labute approximate surface area is 124 Å². The molecule has 2 N–H and O–H groups in total. The van der Waals surface area contributed by atoms with E-state index in [0.717, 1.165) is 26.1 Å². The number of thiophene rings is 1. The van der Waals surface area contributed by atoms with E-state index < -0.39 is 0 Å². The highest BCUT2D eigenvalue weighted by Crippen LogP contribution is 2.23. The van der Waals surface area contributed by atoms with Crippen LogP contribution in [0.25, 0.3) is 0 Å². The molecule has 0 fully saturated rings. The summed E-state index contributed by atoms with van der Waals surface area (Å²) in [5.41, 5.74) is 1.43. The molecule has 2 amide bonds. The van der Waals surface area contributed by atoms with Crippen molar-refractivity contribution < 1.29 is 9.90 Å². The molecular weight excluding hydrogens is 274 g/mol. The summed E-state index contributed by atoms with van der Waals surface area (Å²) in [4.78, 5) is 17.3. The van der Waals surface area contributed by atoms with Gasteiger partial charge in [0.05, 0.1) is 6.61 Å². The molecule has 6 heteroatoms. The number of hydrogen-bond donors (Lipinski definition) is 2. The van der Waals surface area contributed by atoms with Crippen molar-refractivity contribution in [1.29, 1.82) is 0 Å². The van der Waals surface area contributed by atoms with Crippen LogP contribution in [0.15, 0.2) is 11.4 Å². The Morgan fingerprint density at radius 1 is 1.60 bits per heavy atom. The van der Waals surface area contributed by atoms with Crippen LogP contribution in [0.2, 0.25) is 0 Å². The normalized spacial score (nSPS) is 14.9.